The van der Waals surface area contributed by atoms with Gasteiger partial charge in [0.25, 0.3) is 0 Å². The van der Waals surface area contributed by atoms with Crippen molar-refractivity contribution < 1.29 is 0 Å². The highest BCUT2D eigenvalue weighted by molar-refractivity contribution is 4.96. The van der Waals surface area contributed by atoms with Crippen LogP contribution in [0.15, 0.2) is 11.6 Å². The van der Waals surface area contributed by atoms with Gasteiger partial charge in [-0.05, 0) is 26.2 Å². The van der Waals surface area contributed by atoms with Crippen molar-refractivity contribution in [3.63, 3.8) is 0 Å². The van der Waals surface area contributed by atoms with Gasteiger partial charge in [0.05, 0.1) is 0 Å². The minimum Gasteiger partial charge on any atom is -0.0887 e. The maximum Gasteiger partial charge on any atom is -0.0295 e. The third-order valence-electron chi connectivity index (χ3n) is 2.26. The van der Waals surface area contributed by atoms with Crippen molar-refractivity contribution >= 4 is 0 Å². The Morgan fingerprint density at radius 3 is 2.10 bits per heavy atom. The quantitative estimate of drug-likeness (QED) is 0.521. The summed E-state index contributed by atoms with van der Waals surface area (Å²) in [6, 6.07) is 0. The van der Waals surface area contributed by atoms with E-state index in [1.807, 2.05) is 0 Å². The zero-order chi connectivity index (χ0) is 7.98. The van der Waals surface area contributed by atoms with Crippen LogP contribution >= 0.6 is 0 Å². The fourth-order valence-electron chi connectivity index (χ4n) is 1.15. The smallest absolute Gasteiger partial charge is 0.0295 e. The van der Waals surface area contributed by atoms with Gasteiger partial charge >= 0.3 is 0 Å². The van der Waals surface area contributed by atoms with Crippen molar-refractivity contribution in [3.8, 4) is 0 Å². The SMILES string of the molecule is CC=C(C)CC(CC)CC. The molecule has 0 saturated heterocycles. The molecule has 0 spiro atoms. The second kappa shape index (κ2) is 5.52. The molecule has 0 aromatic heterocycles. The van der Waals surface area contributed by atoms with Gasteiger partial charge in [-0.2, -0.15) is 0 Å². The summed E-state index contributed by atoms with van der Waals surface area (Å²) in [4.78, 5) is 0. The molecule has 0 fully saturated rings. The Hall–Kier alpha value is -0.260. The van der Waals surface area contributed by atoms with Gasteiger partial charge in [-0.25, -0.2) is 0 Å². The van der Waals surface area contributed by atoms with Crippen molar-refractivity contribution in [3.05, 3.63) is 11.6 Å². The van der Waals surface area contributed by atoms with Crippen LogP contribution in [0, 0.1) is 5.92 Å². The highest BCUT2D eigenvalue weighted by atomic mass is 14.1. The Kier molecular flexibility index (Phi) is 5.38. The number of hydrogen-bond acceptors (Lipinski definition) is 0. The summed E-state index contributed by atoms with van der Waals surface area (Å²) in [5.74, 6) is 0.913. The third-order valence-corrected chi connectivity index (χ3v) is 2.26. The van der Waals surface area contributed by atoms with Crippen LogP contribution in [0.2, 0.25) is 0 Å². The van der Waals surface area contributed by atoms with Crippen LogP contribution in [0.5, 0.6) is 0 Å². The predicted octanol–water partition coefficient (Wildman–Crippen LogP) is 3.78. The molecule has 0 bridgehead atoms. The summed E-state index contributed by atoms with van der Waals surface area (Å²) in [5.41, 5.74) is 1.54. The molecule has 0 unspecified atom stereocenters. The van der Waals surface area contributed by atoms with E-state index in [1.165, 1.54) is 24.8 Å². The van der Waals surface area contributed by atoms with E-state index in [9.17, 15) is 0 Å². The molecule has 0 N–H and O–H groups in total. The van der Waals surface area contributed by atoms with Gasteiger partial charge in [-0.3, -0.25) is 0 Å². The van der Waals surface area contributed by atoms with Crippen LogP contribution < -0.4 is 0 Å². The van der Waals surface area contributed by atoms with E-state index < -0.39 is 0 Å². The fourth-order valence-corrected chi connectivity index (χ4v) is 1.15. The molecule has 0 aliphatic carbocycles. The second-order valence-corrected chi connectivity index (χ2v) is 3.02. The van der Waals surface area contributed by atoms with E-state index in [0.29, 0.717) is 0 Å². The summed E-state index contributed by atoms with van der Waals surface area (Å²) in [5, 5.41) is 0. The monoisotopic (exact) mass is 140 g/mol. The normalized spacial score (nSPS) is 12.7. The first-order chi connectivity index (χ1) is 4.74. The molecule has 0 heteroatoms. The topological polar surface area (TPSA) is 0 Å². The van der Waals surface area contributed by atoms with Crippen LogP contribution in [0.4, 0.5) is 0 Å². The Morgan fingerprint density at radius 2 is 1.80 bits per heavy atom. The zero-order valence-electron chi connectivity index (χ0n) is 7.78. The van der Waals surface area contributed by atoms with E-state index in [4.69, 9.17) is 0 Å². The van der Waals surface area contributed by atoms with E-state index >= 15 is 0 Å². The highest BCUT2D eigenvalue weighted by Gasteiger charge is 2.02. The van der Waals surface area contributed by atoms with E-state index in [1.54, 1.807) is 0 Å². The Balaban J connectivity index is 3.63. The summed E-state index contributed by atoms with van der Waals surface area (Å²) in [6.45, 7) is 8.89. The molecule has 0 aliphatic heterocycles. The molecule has 0 aliphatic rings. The first-order valence-electron chi connectivity index (χ1n) is 4.36. The summed E-state index contributed by atoms with van der Waals surface area (Å²) < 4.78 is 0. The average molecular weight is 140 g/mol. The molecule has 0 aromatic rings. The van der Waals surface area contributed by atoms with Crippen molar-refractivity contribution in [1.29, 1.82) is 0 Å². The lowest BCUT2D eigenvalue weighted by Crippen LogP contribution is -1.96. The molecule has 60 valence electrons. The maximum atomic E-state index is 2.27. The minimum atomic E-state index is 0.913. The van der Waals surface area contributed by atoms with Gasteiger partial charge in [0, 0.05) is 0 Å². The van der Waals surface area contributed by atoms with Gasteiger partial charge in [0.1, 0.15) is 0 Å². The van der Waals surface area contributed by atoms with Crippen LogP contribution in [0.3, 0.4) is 0 Å². The largest absolute Gasteiger partial charge is 0.0887 e. The summed E-state index contributed by atoms with van der Waals surface area (Å²) in [6.07, 6.45) is 6.16. The predicted molar refractivity (Wildman–Crippen MR) is 48.1 cm³/mol. The zero-order valence-corrected chi connectivity index (χ0v) is 7.78. The number of allylic oxidation sites excluding steroid dienone is 2. The van der Waals surface area contributed by atoms with Gasteiger partial charge in [0.2, 0.25) is 0 Å². The van der Waals surface area contributed by atoms with Crippen LogP contribution in [-0.2, 0) is 0 Å². The summed E-state index contributed by atoms with van der Waals surface area (Å²) in [7, 11) is 0. The van der Waals surface area contributed by atoms with Gasteiger partial charge in [-0.15, -0.1) is 0 Å². The highest BCUT2D eigenvalue weighted by Crippen LogP contribution is 2.17. The molecule has 0 aromatic carbocycles. The van der Waals surface area contributed by atoms with Crippen LogP contribution in [0.25, 0.3) is 0 Å². The second-order valence-electron chi connectivity index (χ2n) is 3.02. The van der Waals surface area contributed by atoms with Gasteiger partial charge in [-0.1, -0.05) is 38.3 Å². The average Bonchev–Trinajstić information content (AvgIpc) is 1.99. The van der Waals surface area contributed by atoms with Crippen LogP contribution in [-0.4, -0.2) is 0 Å². The molecule has 0 atom stereocenters. The molecule has 0 amide bonds. The first kappa shape index (κ1) is 9.74. The molecule has 0 rings (SSSR count). The molecular formula is C10H20. The minimum absolute atomic E-state index is 0.913. The van der Waals surface area contributed by atoms with E-state index in [-0.39, 0.29) is 0 Å². The van der Waals surface area contributed by atoms with Crippen molar-refractivity contribution in [2.75, 3.05) is 0 Å². The fraction of sp³-hybridized carbons (Fsp3) is 0.800. The lowest BCUT2D eigenvalue weighted by atomic mass is 9.95. The molecular weight excluding hydrogens is 120 g/mol. The molecule has 0 radical (unpaired) electrons. The van der Waals surface area contributed by atoms with Gasteiger partial charge < -0.3 is 0 Å². The van der Waals surface area contributed by atoms with Gasteiger partial charge in [0.15, 0.2) is 0 Å². The Labute approximate surface area is 65.3 Å². The maximum absolute atomic E-state index is 2.27. The molecule has 0 saturated carbocycles. The first-order valence-corrected chi connectivity index (χ1v) is 4.36. The van der Waals surface area contributed by atoms with Crippen molar-refractivity contribution in [1.82, 2.24) is 0 Å². The molecule has 0 nitrogen and oxygen atoms in total. The van der Waals surface area contributed by atoms with Crippen LogP contribution in [0.1, 0.15) is 47.0 Å². The van der Waals surface area contributed by atoms with Crippen molar-refractivity contribution in [2.24, 2.45) is 5.92 Å². The lowest BCUT2D eigenvalue weighted by molar-refractivity contribution is 0.488. The third kappa shape index (κ3) is 3.71. The van der Waals surface area contributed by atoms with Crippen molar-refractivity contribution in [2.45, 2.75) is 47.0 Å². The standard InChI is InChI=1S/C10H20/c1-5-9(4)8-10(6-2)7-3/h5,10H,6-8H2,1-4H3. The van der Waals surface area contributed by atoms with E-state index in [2.05, 4.69) is 33.8 Å². The number of hydrogen-bond donors (Lipinski definition) is 0. The van der Waals surface area contributed by atoms with E-state index in [0.717, 1.165) is 5.92 Å². The summed E-state index contributed by atoms with van der Waals surface area (Å²) >= 11 is 0. The number of rotatable bonds is 4. The Bertz CT molecular complexity index is 96.6. The Morgan fingerprint density at radius 1 is 1.30 bits per heavy atom. The lowest BCUT2D eigenvalue weighted by Gasteiger charge is -2.11. The molecule has 10 heavy (non-hydrogen) atoms. The molecule has 0 heterocycles.